The lowest BCUT2D eigenvalue weighted by atomic mass is 9.82. The van der Waals surface area contributed by atoms with E-state index in [0.717, 1.165) is 77.7 Å². The van der Waals surface area contributed by atoms with Crippen molar-refractivity contribution in [2.24, 2.45) is 11.0 Å². The van der Waals surface area contributed by atoms with Crippen LogP contribution in [0.25, 0.3) is 83.8 Å². The summed E-state index contributed by atoms with van der Waals surface area (Å²) in [6.07, 6.45) is 11.5. The molecule has 9 aromatic heterocycles. The van der Waals surface area contributed by atoms with E-state index in [1.54, 1.807) is 79.7 Å². The number of aliphatic hydroxyl groups is 1. The number of aromatic nitrogens is 9. The zero-order valence-corrected chi connectivity index (χ0v) is 69.1. The quantitative estimate of drug-likeness (QED) is 0.0202. The molecule has 127 heavy (non-hydrogen) atoms. The van der Waals surface area contributed by atoms with Gasteiger partial charge in [0, 0.05) is 103 Å². The molecule has 6 aromatic carbocycles. The van der Waals surface area contributed by atoms with Gasteiger partial charge in [-0.3, -0.25) is 59.4 Å². The second-order valence-corrected chi connectivity index (χ2v) is 29.3. The first kappa shape index (κ1) is 86.2. The number of amides is 3. The van der Waals surface area contributed by atoms with Crippen LogP contribution in [0, 0.1) is 94.8 Å². The highest BCUT2D eigenvalue weighted by Crippen LogP contribution is 2.42. The van der Waals surface area contributed by atoms with E-state index in [4.69, 9.17) is 42.7 Å². The first-order chi connectivity index (χ1) is 61.4. The lowest BCUT2D eigenvalue weighted by Gasteiger charge is -2.43. The number of nitro benzene ring substituents is 2. The van der Waals surface area contributed by atoms with E-state index in [1.165, 1.54) is 56.0 Å². The number of piperidine rings is 1. The van der Waals surface area contributed by atoms with Crippen LogP contribution in [0.3, 0.4) is 0 Å². The molecule has 2 unspecified atom stereocenters. The van der Waals surface area contributed by atoms with Gasteiger partial charge in [-0.1, -0.05) is 48.5 Å². The molecule has 3 aliphatic rings. The van der Waals surface area contributed by atoms with Crippen molar-refractivity contribution >= 4 is 102 Å². The number of rotatable bonds is 16. The van der Waals surface area contributed by atoms with Crippen molar-refractivity contribution in [1.82, 2.24) is 54.8 Å². The third kappa shape index (κ3) is 19.3. The standard InChI is InChI=1S/C23H21N3O6.C20H17N5O2.C20H12N2O2.C19H15N5O3.C11H10N4O2/c1-13-9-18(20(26(30)31)10-14(13)2)21-6-5-16(32-21)11-17-15(3)19(12-24)23(29)25(22(17)28)7-4-8-27;1-11-14-6-4-5-7-16(14)18(26)24-20(21-11)25-19-22-12(2)15-9-8-13(27-3)10-17(15)23-19;1-2-6-14-12-16-15(11-13(14)5-1)21-19(17-7-3-9-23-17)20(22-16)18-8-4-10-24-18;20-7-13-5-17(18(24(26)27)6-14(13)8-21)22-9-12-4-15(11-22)16-2-1-3-19(25)23(16)10-12;1-8-2-3-9(17-8)6-14-15-11(16)10-7-12-4-5-13-10/h5-6,9-11,27H,4,7-8H2,1-3H3;4-10H,1-3H3,(H,22,23,24,25,26);1-12H;1-3,5-6,12,15H,4,9-11H2;2-7H,1H3,(H,15,16)/b17-11-;;;;14-6-. The molecule has 15 aromatic rings. The van der Waals surface area contributed by atoms with E-state index >= 15 is 0 Å². The van der Waals surface area contributed by atoms with Crippen LogP contribution in [0.15, 0.2) is 250 Å². The number of methoxy groups -OCH3 is 1. The van der Waals surface area contributed by atoms with Crippen LogP contribution in [0.4, 0.5) is 29.0 Å². The molecule has 0 saturated carbocycles. The Hall–Kier alpha value is -17.2. The predicted molar refractivity (Wildman–Crippen MR) is 469 cm³/mol. The first-order valence-corrected chi connectivity index (χ1v) is 39.4. The molecule has 0 aliphatic carbocycles. The van der Waals surface area contributed by atoms with Crippen molar-refractivity contribution in [3.63, 3.8) is 0 Å². The zero-order chi connectivity index (χ0) is 89.7. The van der Waals surface area contributed by atoms with Gasteiger partial charge in [0.25, 0.3) is 40.2 Å². The van der Waals surface area contributed by atoms with E-state index in [9.17, 15) is 54.7 Å². The molecule has 2 bridgehead atoms. The maximum absolute atomic E-state index is 12.9. The summed E-state index contributed by atoms with van der Waals surface area (Å²) in [7, 11) is 1.61. The Morgan fingerprint density at radius 1 is 0.638 bits per heavy atom. The van der Waals surface area contributed by atoms with E-state index in [2.05, 4.69) is 70.0 Å². The van der Waals surface area contributed by atoms with Crippen molar-refractivity contribution in [2.45, 2.75) is 66.8 Å². The first-order valence-electron chi connectivity index (χ1n) is 39.4. The Kier molecular flexibility index (Phi) is 26.0. The molecule has 1 fully saturated rings. The number of aryl methyl sites for hydroxylation is 5. The Morgan fingerprint density at radius 3 is 1.93 bits per heavy atom. The molecular weight excluding hydrogens is 1620 g/mol. The maximum Gasteiger partial charge on any atom is 0.293 e. The summed E-state index contributed by atoms with van der Waals surface area (Å²) in [5.74, 6) is 2.94. The minimum absolute atomic E-state index is 0.00190. The average Bonchev–Trinajstić information content (AvgIpc) is 0.944. The topological polar surface area (TPSA) is 476 Å². The van der Waals surface area contributed by atoms with Crippen molar-refractivity contribution in [3.05, 3.63) is 321 Å². The van der Waals surface area contributed by atoms with Crippen LogP contribution >= 0.6 is 0 Å². The Bertz CT molecular complexity index is 7090. The number of imide groups is 1. The number of nitrogens with zero attached hydrogens (tertiary/aromatic N) is 17. The summed E-state index contributed by atoms with van der Waals surface area (Å²) in [4.78, 5) is 121. The number of nitro groups is 2. The molecule has 12 heterocycles. The van der Waals surface area contributed by atoms with Gasteiger partial charge in [0.2, 0.25) is 11.9 Å². The lowest BCUT2D eigenvalue weighted by molar-refractivity contribution is -0.384. The second kappa shape index (κ2) is 38.3. The van der Waals surface area contributed by atoms with Gasteiger partial charge >= 0.3 is 0 Å². The summed E-state index contributed by atoms with van der Waals surface area (Å²) >= 11 is 0. The number of fused-ring (bicyclic) bond motifs is 8. The van der Waals surface area contributed by atoms with Crippen LogP contribution in [-0.2, 0) is 16.1 Å². The SMILES string of the molecule is CC1=C(C#N)C(=O)N(CCCO)C(=O)/C1=C\c1ccc(-c2cc(C)c(C)cc2[N+](=O)[O-])o1.COc1ccc2c(C)nc(Nc3nc(C)c4ccccc4c(=O)n3)nc2c1.Cc1ccc(/C=N\NC(=O)c2cnccn2)o1.N#Cc1cc(N2CC3CC(C2)c2cccc(=O)n2C3)c([N+](=O)[O-])cc1C#N.c1coc(-c2nc3cc4ccccc4cc3nc2-c2ccco2)c1. The number of aliphatic hydroxyl groups excluding tert-OH is 1. The van der Waals surface area contributed by atoms with Gasteiger partial charge < -0.3 is 37.0 Å². The smallest absolute Gasteiger partial charge is 0.293 e. The van der Waals surface area contributed by atoms with Gasteiger partial charge in [-0.05, 0) is 191 Å². The van der Waals surface area contributed by atoms with Crippen LogP contribution < -0.4 is 31.5 Å². The molecule has 0 radical (unpaired) electrons. The highest BCUT2D eigenvalue weighted by molar-refractivity contribution is 6.19. The summed E-state index contributed by atoms with van der Waals surface area (Å²) in [6.45, 7) is 12.1. The van der Waals surface area contributed by atoms with Crippen LogP contribution in [0.5, 0.6) is 5.75 Å². The summed E-state index contributed by atoms with van der Waals surface area (Å²) in [5.41, 5.74) is 10.7. The molecule has 0 spiro atoms. The number of ether oxygens (including phenoxy) is 1. The van der Waals surface area contributed by atoms with Gasteiger partial charge in [-0.15, -0.1) is 0 Å². The van der Waals surface area contributed by atoms with Gasteiger partial charge in [0.1, 0.15) is 75.3 Å². The Balaban J connectivity index is 0.000000130. The number of carbonyl (C=O) groups excluding carboxylic acids is 3. The molecule has 18 rings (SSSR count). The van der Waals surface area contributed by atoms with Crippen molar-refractivity contribution in [2.75, 3.05) is 43.6 Å². The van der Waals surface area contributed by atoms with Crippen molar-refractivity contribution < 1.29 is 51.7 Å². The number of benzene rings is 6. The fourth-order valence-corrected chi connectivity index (χ4v) is 14.7. The van der Waals surface area contributed by atoms with Gasteiger partial charge in [0.05, 0.1) is 86.2 Å². The number of hydrogen-bond acceptors (Lipinski definition) is 29. The Labute approximate surface area is 721 Å². The molecule has 3 amide bonds. The minimum atomic E-state index is -0.702. The number of hydrazone groups is 1. The monoisotopic (exact) mass is 1700 g/mol. The van der Waals surface area contributed by atoms with E-state index in [-0.39, 0.29) is 105 Å². The Morgan fingerprint density at radius 2 is 1.30 bits per heavy atom. The van der Waals surface area contributed by atoms with Crippen molar-refractivity contribution in [1.29, 1.82) is 15.8 Å². The highest BCUT2D eigenvalue weighted by atomic mass is 16.6. The molecule has 34 heteroatoms. The highest BCUT2D eigenvalue weighted by Gasteiger charge is 2.38. The average molecular weight is 1700 g/mol. The third-order valence-corrected chi connectivity index (χ3v) is 21.0. The van der Waals surface area contributed by atoms with E-state index in [1.807, 2.05) is 130 Å². The predicted octanol–water partition coefficient (Wildman–Crippen LogP) is 15.3. The number of nitriles is 3. The number of furan rings is 4. The second-order valence-electron chi connectivity index (χ2n) is 29.3. The van der Waals surface area contributed by atoms with Crippen LogP contribution in [0.2, 0.25) is 0 Å². The zero-order valence-electron chi connectivity index (χ0n) is 69.1. The van der Waals surface area contributed by atoms with E-state index in [0.29, 0.717) is 82.3 Å². The fourth-order valence-electron chi connectivity index (χ4n) is 14.7. The van der Waals surface area contributed by atoms with Gasteiger partial charge in [-0.2, -0.15) is 25.9 Å². The molecule has 34 nitrogen and oxygen atoms in total. The summed E-state index contributed by atoms with van der Waals surface area (Å²) < 4.78 is 29.2. The number of pyridine rings is 1. The minimum Gasteiger partial charge on any atom is -0.497 e. The number of anilines is 3. The lowest BCUT2D eigenvalue weighted by Crippen LogP contribution is -2.47. The molecule has 1 saturated heterocycles. The number of nitrogens with one attached hydrogen (secondary N) is 2. The normalized spacial score (nSPS) is 14.1. The number of carbonyl (C=O) groups is 3. The number of hydrogen-bond donors (Lipinski definition) is 3. The molecule has 3 N–H and O–H groups in total. The fraction of sp³-hybridized carbons (Fsp3) is 0.172. The van der Waals surface area contributed by atoms with Crippen LogP contribution in [0.1, 0.15) is 92.8 Å². The summed E-state index contributed by atoms with van der Waals surface area (Å²) in [6, 6.07) is 55.9. The molecule has 632 valence electrons. The van der Waals surface area contributed by atoms with Gasteiger partial charge in [0.15, 0.2) is 11.5 Å². The summed E-state index contributed by atoms with van der Waals surface area (Å²) in [5, 5.41) is 71.2. The van der Waals surface area contributed by atoms with E-state index < -0.39 is 27.6 Å². The molecule has 2 atom stereocenters. The largest absolute Gasteiger partial charge is 0.497 e. The third-order valence-electron chi connectivity index (χ3n) is 21.0. The van der Waals surface area contributed by atoms with Crippen molar-refractivity contribution in [3.8, 4) is 58.2 Å². The molecule has 3 aliphatic heterocycles. The maximum atomic E-state index is 12.9. The van der Waals surface area contributed by atoms with Gasteiger partial charge in [-0.25, -0.2) is 35.3 Å². The van der Waals surface area contributed by atoms with Crippen LogP contribution in [-0.4, -0.2) is 122 Å². The molecular formula is C93H75N19O15.